The van der Waals surface area contributed by atoms with E-state index in [1.54, 1.807) is 14.0 Å². The number of hydrogen-bond donors (Lipinski definition) is 1. The average molecular weight is 472 g/mol. The smallest absolute Gasteiger partial charge is 0.333 e. The highest BCUT2D eigenvalue weighted by atomic mass is 35.5. The Bertz CT molecular complexity index is 980. The normalized spacial score (nSPS) is 33.1. The van der Waals surface area contributed by atoms with Crippen LogP contribution in [-0.4, -0.2) is 33.0 Å². The van der Waals surface area contributed by atoms with Crippen molar-refractivity contribution in [2.75, 3.05) is 7.11 Å². The maximum atomic E-state index is 12.0. The van der Waals surface area contributed by atoms with E-state index in [2.05, 4.69) is 6.92 Å². The standard InChI is InChI=1S/C22H30ClNO6S/c1-12(23)21(25)29-19-10-13-4-5-15-14(16(13)11-18(19)28-3)8-9-22(2)17(15)6-7-20(22)30-31(24,26)27/h10-12,14-15,17,20H,4-9H2,1-3H3,(H2,24,26,27)/t12?,14?,15?,17?,20-,22-/m0/s1. The van der Waals surface area contributed by atoms with E-state index in [-0.39, 0.29) is 11.5 Å². The summed E-state index contributed by atoms with van der Waals surface area (Å²) >= 11 is 5.85. The van der Waals surface area contributed by atoms with E-state index in [1.807, 2.05) is 12.1 Å². The predicted molar refractivity (Wildman–Crippen MR) is 117 cm³/mol. The molecule has 172 valence electrons. The fourth-order valence-electron chi connectivity index (χ4n) is 6.28. The Kier molecular flexibility index (Phi) is 6.05. The van der Waals surface area contributed by atoms with E-state index >= 15 is 0 Å². The Balaban J connectivity index is 1.62. The molecule has 31 heavy (non-hydrogen) atoms. The summed E-state index contributed by atoms with van der Waals surface area (Å²) in [5.41, 5.74) is 2.22. The van der Waals surface area contributed by atoms with Crippen molar-refractivity contribution in [2.45, 2.75) is 69.8 Å². The van der Waals surface area contributed by atoms with Crippen LogP contribution in [0.2, 0.25) is 0 Å². The van der Waals surface area contributed by atoms with Crippen LogP contribution >= 0.6 is 11.6 Å². The molecule has 9 heteroatoms. The number of nitrogens with two attached hydrogens (primary N) is 1. The summed E-state index contributed by atoms with van der Waals surface area (Å²) in [5, 5.41) is 4.44. The van der Waals surface area contributed by atoms with E-state index in [0.29, 0.717) is 35.7 Å². The fourth-order valence-corrected chi connectivity index (χ4v) is 6.96. The van der Waals surface area contributed by atoms with E-state index in [4.69, 9.17) is 30.4 Å². The molecule has 0 aromatic heterocycles. The van der Waals surface area contributed by atoms with Gasteiger partial charge in [-0.1, -0.05) is 6.92 Å². The van der Waals surface area contributed by atoms with E-state index in [9.17, 15) is 13.2 Å². The van der Waals surface area contributed by atoms with Crippen LogP contribution in [0.1, 0.15) is 63.0 Å². The Morgan fingerprint density at radius 1 is 1.23 bits per heavy atom. The maximum absolute atomic E-state index is 12.0. The third kappa shape index (κ3) is 4.19. The minimum absolute atomic E-state index is 0.193. The predicted octanol–water partition coefficient (Wildman–Crippen LogP) is 3.67. The molecule has 7 nitrogen and oxygen atoms in total. The zero-order chi connectivity index (χ0) is 22.6. The van der Waals surface area contributed by atoms with Crippen molar-refractivity contribution < 1.29 is 26.9 Å². The van der Waals surface area contributed by atoms with E-state index in [1.165, 1.54) is 11.1 Å². The number of esters is 1. The van der Waals surface area contributed by atoms with E-state index < -0.39 is 21.7 Å². The molecule has 0 bridgehead atoms. The molecule has 3 aliphatic carbocycles. The van der Waals surface area contributed by atoms with Crippen molar-refractivity contribution in [1.82, 2.24) is 0 Å². The number of ether oxygens (including phenoxy) is 2. The number of aryl methyl sites for hydroxylation is 1. The molecule has 2 fully saturated rings. The Hall–Kier alpha value is -1.35. The summed E-state index contributed by atoms with van der Waals surface area (Å²) < 4.78 is 39.4. The third-order valence-electron chi connectivity index (χ3n) is 7.71. The van der Waals surface area contributed by atoms with Gasteiger partial charge in [-0.15, -0.1) is 11.6 Å². The first-order chi connectivity index (χ1) is 14.5. The number of hydrogen-bond acceptors (Lipinski definition) is 6. The van der Waals surface area contributed by atoms with Gasteiger partial charge in [0.25, 0.3) is 0 Å². The summed E-state index contributed by atoms with van der Waals surface area (Å²) in [6.45, 7) is 3.73. The maximum Gasteiger partial charge on any atom is 0.333 e. The van der Waals surface area contributed by atoms with Gasteiger partial charge in [-0.25, -0.2) is 5.14 Å². The first kappa shape index (κ1) is 22.8. The number of halogens is 1. The van der Waals surface area contributed by atoms with Gasteiger partial charge < -0.3 is 9.47 Å². The van der Waals surface area contributed by atoms with Crippen LogP contribution < -0.4 is 14.6 Å². The molecule has 1 aromatic rings. The number of fused-ring (bicyclic) bond motifs is 5. The van der Waals surface area contributed by atoms with Crippen molar-refractivity contribution in [1.29, 1.82) is 0 Å². The van der Waals surface area contributed by atoms with Gasteiger partial charge in [0.15, 0.2) is 11.5 Å². The summed E-state index contributed by atoms with van der Waals surface area (Å²) in [6.07, 6.45) is 4.98. The van der Waals surface area contributed by atoms with Gasteiger partial charge in [0.2, 0.25) is 0 Å². The molecule has 0 amide bonds. The second kappa shape index (κ2) is 8.21. The van der Waals surface area contributed by atoms with Crippen molar-refractivity contribution in [2.24, 2.45) is 22.4 Å². The minimum atomic E-state index is -3.97. The van der Waals surface area contributed by atoms with Gasteiger partial charge in [-0.2, -0.15) is 8.42 Å². The molecule has 2 N–H and O–H groups in total. The summed E-state index contributed by atoms with van der Waals surface area (Å²) in [7, 11) is -2.41. The van der Waals surface area contributed by atoms with Crippen LogP contribution in [0.15, 0.2) is 12.1 Å². The zero-order valence-corrected chi connectivity index (χ0v) is 19.7. The lowest BCUT2D eigenvalue weighted by atomic mass is 9.55. The molecular formula is C22H30ClNO6S. The molecule has 0 spiro atoms. The highest BCUT2D eigenvalue weighted by molar-refractivity contribution is 7.84. The number of carbonyl (C=O) groups is 1. The topological polar surface area (TPSA) is 105 Å². The van der Waals surface area contributed by atoms with Gasteiger partial charge in [0.1, 0.15) is 5.38 Å². The van der Waals surface area contributed by atoms with Crippen molar-refractivity contribution >= 4 is 27.9 Å². The minimum Gasteiger partial charge on any atom is -0.493 e. The SMILES string of the molecule is COc1cc2c(cc1OC(=O)C(C)Cl)CCC1C2CC[C@@]2(C)C1CC[C@@H]2OS(N)(=O)=O. The lowest BCUT2D eigenvalue weighted by molar-refractivity contribution is -0.133. The number of benzene rings is 1. The van der Waals surface area contributed by atoms with Gasteiger partial charge >= 0.3 is 16.3 Å². The molecule has 1 aromatic carbocycles. The largest absolute Gasteiger partial charge is 0.493 e. The molecule has 4 unspecified atom stereocenters. The van der Waals surface area contributed by atoms with Crippen LogP contribution in [-0.2, 0) is 25.7 Å². The molecule has 0 saturated heterocycles. The highest BCUT2D eigenvalue weighted by Gasteiger charge is 2.56. The molecule has 6 atom stereocenters. The van der Waals surface area contributed by atoms with Gasteiger partial charge in [-0.3, -0.25) is 8.98 Å². The summed E-state index contributed by atoms with van der Waals surface area (Å²) in [5.74, 6) is 1.61. The molecule has 4 rings (SSSR count). The molecule has 0 radical (unpaired) electrons. The van der Waals surface area contributed by atoms with Gasteiger partial charge in [-0.05, 0) is 91.9 Å². The van der Waals surface area contributed by atoms with Crippen LogP contribution in [0.4, 0.5) is 0 Å². The van der Waals surface area contributed by atoms with Crippen LogP contribution in [0.25, 0.3) is 0 Å². The zero-order valence-electron chi connectivity index (χ0n) is 18.1. The Morgan fingerprint density at radius 3 is 2.61 bits per heavy atom. The number of methoxy groups -OCH3 is 1. The van der Waals surface area contributed by atoms with Crippen molar-refractivity contribution in [3.63, 3.8) is 0 Å². The van der Waals surface area contributed by atoms with Gasteiger partial charge in [0.05, 0.1) is 13.2 Å². The molecule has 3 aliphatic rings. The van der Waals surface area contributed by atoms with Crippen molar-refractivity contribution in [3.05, 3.63) is 23.3 Å². The first-order valence-corrected chi connectivity index (χ1v) is 12.7. The molecule has 0 aliphatic heterocycles. The summed E-state index contributed by atoms with van der Waals surface area (Å²) in [4.78, 5) is 12.0. The highest BCUT2D eigenvalue weighted by Crippen LogP contribution is 2.62. The average Bonchev–Trinajstić information content (AvgIpc) is 3.01. The Morgan fingerprint density at radius 2 is 1.97 bits per heavy atom. The molecular weight excluding hydrogens is 442 g/mol. The second-order valence-electron chi connectivity index (χ2n) is 9.35. The molecule has 0 heterocycles. The number of rotatable bonds is 5. The summed E-state index contributed by atoms with van der Waals surface area (Å²) in [6, 6.07) is 3.92. The number of carbonyl (C=O) groups excluding carboxylic acids is 1. The van der Waals surface area contributed by atoms with E-state index in [0.717, 1.165) is 32.1 Å². The molecule has 2 saturated carbocycles. The van der Waals surface area contributed by atoms with Crippen LogP contribution in [0.5, 0.6) is 11.5 Å². The van der Waals surface area contributed by atoms with Crippen LogP contribution in [0, 0.1) is 17.3 Å². The van der Waals surface area contributed by atoms with Crippen molar-refractivity contribution in [3.8, 4) is 11.5 Å². The third-order valence-corrected chi connectivity index (χ3v) is 8.39. The number of alkyl halides is 1. The lowest BCUT2D eigenvalue weighted by Gasteiger charge is -2.50. The van der Waals surface area contributed by atoms with Gasteiger partial charge in [0, 0.05) is 0 Å². The Labute approximate surface area is 188 Å². The lowest BCUT2D eigenvalue weighted by Crippen LogP contribution is -2.45. The fraction of sp³-hybridized carbons (Fsp3) is 0.682. The quantitative estimate of drug-likeness (QED) is 0.399. The first-order valence-electron chi connectivity index (χ1n) is 10.8. The second-order valence-corrected chi connectivity index (χ2v) is 11.2. The monoisotopic (exact) mass is 471 g/mol. The van der Waals surface area contributed by atoms with Crippen LogP contribution in [0.3, 0.4) is 0 Å².